The highest BCUT2D eigenvalue weighted by molar-refractivity contribution is 7.18. The molecule has 1 aliphatic rings. The summed E-state index contributed by atoms with van der Waals surface area (Å²) in [4.78, 5) is 17.4. The quantitative estimate of drug-likeness (QED) is 0.468. The summed E-state index contributed by atoms with van der Waals surface area (Å²) in [5.41, 5.74) is 4.38. The summed E-state index contributed by atoms with van der Waals surface area (Å²) in [7, 11) is 0. The van der Waals surface area contributed by atoms with Gasteiger partial charge < -0.3 is 5.32 Å². The lowest BCUT2D eigenvalue weighted by Gasteiger charge is -2.05. The molecule has 5 nitrogen and oxygen atoms in total. The van der Waals surface area contributed by atoms with Gasteiger partial charge in [0.25, 0.3) is 5.91 Å². The number of para-hydroxylation sites is 1. The molecule has 5 rings (SSSR count). The van der Waals surface area contributed by atoms with Gasteiger partial charge in [0.2, 0.25) is 0 Å². The van der Waals surface area contributed by atoms with Crippen molar-refractivity contribution in [3.63, 3.8) is 0 Å². The summed E-state index contributed by atoms with van der Waals surface area (Å²) in [5, 5.41) is 8.67. The van der Waals surface area contributed by atoms with Crippen LogP contribution in [0.1, 0.15) is 39.6 Å². The minimum Gasteiger partial charge on any atom is -0.351 e. The van der Waals surface area contributed by atoms with Gasteiger partial charge in [-0.25, -0.2) is 14.1 Å². The lowest BCUT2D eigenvalue weighted by molar-refractivity contribution is 0.0947. The third-order valence-corrected chi connectivity index (χ3v) is 6.50. The van der Waals surface area contributed by atoms with E-state index >= 15 is 0 Å². The Kier molecular flexibility index (Phi) is 5.04. The predicted octanol–water partition coefficient (Wildman–Crippen LogP) is 4.47. The highest BCUT2D eigenvalue weighted by Crippen LogP contribution is 2.28. The molecule has 0 radical (unpaired) electrons. The van der Waals surface area contributed by atoms with Gasteiger partial charge >= 0.3 is 0 Å². The van der Waals surface area contributed by atoms with Crippen molar-refractivity contribution in [2.24, 2.45) is 0 Å². The molecule has 0 atom stereocenters. The topological polar surface area (TPSA) is 59.8 Å². The second-order valence-corrected chi connectivity index (χ2v) is 8.57. The summed E-state index contributed by atoms with van der Waals surface area (Å²) in [6.45, 7) is 0.576. The lowest BCUT2D eigenvalue weighted by atomic mass is 10.2. The molecule has 152 valence electrons. The van der Waals surface area contributed by atoms with Crippen molar-refractivity contribution < 1.29 is 9.18 Å². The minimum atomic E-state index is -0.284. The minimum absolute atomic E-state index is 0.140. The number of benzene rings is 2. The van der Waals surface area contributed by atoms with Crippen LogP contribution in [0.15, 0.2) is 48.5 Å². The van der Waals surface area contributed by atoms with Crippen LogP contribution in [0.4, 0.5) is 4.39 Å². The molecule has 0 unspecified atom stereocenters. The zero-order valence-corrected chi connectivity index (χ0v) is 17.2. The number of thiazole rings is 1. The second kappa shape index (κ2) is 7.99. The average Bonchev–Trinajstić information content (AvgIpc) is 3.46. The lowest BCUT2D eigenvalue weighted by Crippen LogP contribution is -2.26. The first-order chi connectivity index (χ1) is 14.7. The Morgan fingerprint density at radius 1 is 1.13 bits per heavy atom. The summed E-state index contributed by atoms with van der Waals surface area (Å²) < 4.78 is 16.3. The summed E-state index contributed by atoms with van der Waals surface area (Å²) in [6, 6.07) is 14.3. The molecule has 4 aromatic rings. The smallest absolute Gasteiger partial charge is 0.272 e. The molecular weight excluding hydrogens is 399 g/mol. The maximum absolute atomic E-state index is 13.3. The molecule has 1 aliphatic carbocycles. The fourth-order valence-corrected chi connectivity index (χ4v) is 4.98. The number of carbonyl (C=O) groups excluding carboxylic acids is 1. The molecule has 0 spiro atoms. The van der Waals surface area contributed by atoms with Crippen molar-refractivity contribution in [1.82, 2.24) is 20.1 Å². The van der Waals surface area contributed by atoms with Gasteiger partial charge in [0.1, 0.15) is 5.82 Å². The zero-order valence-electron chi connectivity index (χ0n) is 16.4. The highest BCUT2D eigenvalue weighted by Gasteiger charge is 2.26. The molecule has 0 bridgehead atoms. The fraction of sp³-hybridized carbons (Fsp3) is 0.261. The molecule has 0 fully saturated rings. The Bertz CT molecular complexity index is 1180. The van der Waals surface area contributed by atoms with Crippen molar-refractivity contribution in [3.05, 3.63) is 76.3 Å². The third-order valence-electron chi connectivity index (χ3n) is 5.41. The zero-order chi connectivity index (χ0) is 20.5. The van der Waals surface area contributed by atoms with Crippen molar-refractivity contribution in [2.45, 2.75) is 32.1 Å². The van der Waals surface area contributed by atoms with Gasteiger partial charge in [-0.2, -0.15) is 5.10 Å². The van der Waals surface area contributed by atoms with Gasteiger partial charge in [0, 0.05) is 24.2 Å². The first-order valence-electron chi connectivity index (χ1n) is 10.2. The number of rotatable bonds is 6. The summed E-state index contributed by atoms with van der Waals surface area (Å²) in [6.07, 6.45) is 4.40. The van der Waals surface area contributed by atoms with E-state index in [9.17, 15) is 9.18 Å². The molecule has 30 heavy (non-hydrogen) atoms. The molecule has 2 aromatic heterocycles. The van der Waals surface area contributed by atoms with Gasteiger partial charge in [-0.05, 0) is 62.1 Å². The van der Waals surface area contributed by atoms with E-state index < -0.39 is 0 Å². The predicted molar refractivity (Wildman–Crippen MR) is 116 cm³/mol. The maximum Gasteiger partial charge on any atom is 0.272 e. The van der Waals surface area contributed by atoms with Crippen LogP contribution in [0.5, 0.6) is 0 Å². The molecule has 2 heterocycles. The number of fused-ring (bicyclic) bond motifs is 2. The Labute approximate surface area is 177 Å². The average molecular weight is 421 g/mol. The van der Waals surface area contributed by atoms with Gasteiger partial charge in [0.15, 0.2) is 5.69 Å². The first-order valence-corrected chi connectivity index (χ1v) is 11.0. The van der Waals surface area contributed by atoms with Crippen LogP contribution in [0.25, 0.3) is 15.9 Å². The largest absolute Gasteiger partial charge is 0.351 e. The number of aryl methyl sites for hydroxylation is 1. The van der Waals surface area contributed by atoms with Crippen molar-refractivity contribution >= 4 is 27.5 Å². The number of halogens is 1. The number of carbonyl (C=O) groups is 1. The number of hydrogen-bond donors (Lipinski definition) is 1. The van der Waals surface area contributed by atoms with E-state index in [-0.39, 0.29) is 11.7 Å². The van der Waals surface area contributed by atoms with Crippen LogP contribution in [0.3, 0.4) is 0 Å². The standard InChI is InChI=1S/C23H21FN4OS/c24-15-10-12-16(13-11-15)28-19-7-3-5-17(19)22(27-28)23(29)25-14-4-9-21-26-18-6-1-2-8-20(18)30-21/h1-2,6,8,10-13H,3-5,7,9,14H2,(H,25,29). The molecular formula is C23H21FN4OS. The normalized spacial score (nSPS) is 13.0. The van der Waals surface area contributed by atoms with Crippen LogP contribution < -0.4 is 5.32 Å². The van der Waals surface area contributed by atoms with E-state index in [0.717, 1.165) is 59.6 Å². The number of hydrogen-bond acceptors (Lipinski definition) is 4. The summed E-state index contributed by atoms with van der Waals surface area (Å²) in [5.74, 6) is -0.424. The maximum atomic E-state index is 13.3. The van der Waals surface area contributed by atoms with E-state index in [1.54, 1.807) is 28.2 Å². The number of nitrogens with zero attached hydrogens (tertiary/aromatic N) is 3. The van der Waals surface area contributed by atoms with Crippen molar-refractivity contribution in [1.29, 1.82) is 0 Å². The highest BCUT2D eigenvalue weighted by atomic mass is 32.1. The van der Waals surface area contributed by atoms with Gasteiger partial charge in [-0.15, -0.1) is 11.3 Å². The molecule has 0 saturated heterocycles. The van der Waals surface area contributed by atoms with Gasteiger partial charge in [0.05, 0.1) is 20.9 Å². The number of nitrogens with one attached hydrogen (secondary N) is 1. The molecule has 7 heteroatoms. The van der Waals surface area contributed by atoms with Gasteiger partial charge in [-0.1, -0.05) is 12.1 Å². The third kappa shape index (κ3) is 3.61. The van der Waals surface area contributed by atoms with Crippen LogP contribution in [-0.2, 0) is 19.3 Å². The van der Waals surface area contributed by atoms with Crippen molar-refractivity contribution in [2.75, 3.05) is 6.54 Å². The Morgan fingerprint density at radius 2 is 1.97 bits per heavy atom. The molecule has 0 saturated carbocycles. The monoisotopic (exact) mass is 420 g/mol. The first kappa shape index (κ1) is 18.9. The Hall–Kier alpha value is -3.06. The molecule has 1 N–H and O–H groups in total. The SMILES string of the molecule is O=C(NCCCc1nc2ccccc2s1)c1nn(-c2ccc(F)cc2)c2c1CCC2. The summed E-state index contributed by atoms with van der Waals surface area (Å²) >= 11 is 1.70. The Balaban J connectivity index is 1.25. The van der Waals surface area contributed by atoms with Crippen molar-refractivity contribution in [3.8, 4) is 5.69 Å². The number of amides is 1. The number of aromatic nitrogens is 3. The van der Waals surface area contributed by atoms with Crippen LogP contribution in [0.2, 0.25) is 0 Å². The van der Waals surface area contributed by atoms with Crippen LogP contribution in [0, 0.1) is 5.82 Å². The fourth-order valence-electron chi connectivity index (χ4n) is 3.97. The van der Waals surface area contributed by atoms with Gasteiger partial charge in [-0.3, -0.25) is 4.79 Å². The van der Waals surface area contributed by atoms with E-state index in [0.29, 0.717) is 12.2 Å². The van der Waals surface area contributed by atoms with E-state index in [4.69, 9.17) is 0 Å². The van der Waals surface area contributed by atoms with Crippen LogP contribution in [-0.4, -0.2) is 27.2 Å². The molecule has 1 amide bonds. The van der Waals surface area contributed by atoms with Crippen LogP contribution >= 0.6 is 11.3 Å². The molecule has 0 aliphatic heterocycles. The second-order valence-electron chi connectivity index (χ2n) is 7.45. The van der Waals surface area contributed by atoms with E-state index in [1.165, 1.54) is 16.8 Å². The van der Waals surface area contributed by atoms with E-state index in [1.807, 2.05) is 18.2 Å². The Morgan fingerprint density at radius 3 is 2.80 bits per heavy atom. The molecule has 2 aromatic carbocycles. The van der Waals surface area contributed by atoms with E-state index in [2.05, 4.69) is 21.5 Å².